The van der Waals surface area contributed by atoms with Crippen molar-refractivity contribution in [2.45, 2.75) is 18.9 Å². The fourth-order valence-electron chi connectivity index (χ4n) is 3.34. The molecule has 1 unspecified atom stereocenters. The topological polar surface area (TPSA) is 101 Å². The number of rotatable bonds is 7. The fraction of sp³-hybridized carbons (Fsp3) is 0.350. The number of hydrogen-bond acceptors (Lipinski definition) is 7. The van der Waals surface area contributed by atoms with Gasteiger partial charge in [-0.25, -0.2) is 4.98 Å². The normalized spacial score (nSPS) is 14.6. The second-order valence-corrected chi connectivity index (χ2v) is 7.54. The number of anilines is 3. The third-order valence-electron chi connectivity index (χ3n) is 5.14. The van der Waals surface area contributed by atoms with Crippen LogP contribution in [0, 0.1) is 5.92 Å². The van der Waals surface area contributed by atoms with Gasteiger partial charge in [0.25, 0.3) is 5.56 Å². The van der Waals surface area contributed by atoms with E-state index in [2.05, 4.69) is 20.6 Å². The summed E-state index contributed by atoms with van der Waals surface area (Å²) in [5.41, 5.74) is 2.11. The maximum absolute atomic E-state index is 12.4. The molecular formula is C20H22ClN5O3. The molecule has 9 heteroatoms. The summed E-state index contributed by atoms with van der Waals surface area (Å²) in [5, 5.41) is 17.5. The average Bonchev–Trinajstić information content (AvgIpc) is 3.56. The van der Waals surface area contributed by atoms with Crippen molar-refractivity contribution in [2.24, 2.45) is 13.0 Å². The van der Waals surface area contributed by atoms with E-state index in [1.54, 1.807) is 17.7 Å². The Morgan fingerprint density at radius 2 is 2.17 bits per heavy atom. The summed E-state index contributed by atoms with van der Waals surface area (Å²) in [6, 6.07) is 7.34. The van der Waals surface area contributed by atoms with Crippen LogP contribution in [0.2, 0.25) is 5.02 Å². The van der Waals surface area contributed by atoms with Crippen molar-refractivity contribution >= 4 is 39.7 Å². The lowest BCUT2D eigenvalue weighted by molar-refractivity contribution is 0.263. The van der Waals surface area contributed by atoms with Crippen molar-refractivity contribution < 1.29 is 9.84 Å². The van der Waals surface area contributed by atoms with E-state index in [1.807, 2.05) is 18.2 Å². The lowest BCUT2D eigenvalue weighted by atomic mass is 10.1. The Hall–Kier alpha value is -2.84. The van der Waals surface area contributed by atoms with Crippen LogP contribution in [-0.2, 0) is 7.05 Å². The van der Waals surface area contributed by atoms with Gasteiger partial charge < -0.3 is 25.0 Å². The Bertz CT molecular complexity index is 1110. The van der Waals surface area contributed by atoms with Gasteiger partial charge in [0, 0.05) is 29.9 Å². The molecule has 0 spiro atoms. The molecule has 2 aromatic heterocycles. The number of pyridine rings is 1. The number of methoxy groups -OCH3 is 1. The van der Waals surface area contributed by atoms with Gasteiger partial charge in [-0.2, -0.15) is 4.98 Å². The molecule has 29 heavy (non-hydrogen) atoms. The highest BCUT2D eigenvalue weighted by Crippen LogP contribution is 2.35. The van der Waals surface area contributed by atoms with Crippen LogP contribution in [0.4, 0.5) is 17.2 Å². The van der Waals surface area contributed by atoms with Gasteiger partial charge >= 0.3 is 6.01 Å². The molecule has 152 valence electrons. The first kappa shape index (κ1) is 19.5. The number of halogens is 1. The summed E-state index contributed by atoms with van der Waals surface area (Å²) in [7, 11) is 3.22. The number of nitrogens with zero attached hydrogens (tertiary/aromatic N) is 3. The third kappa shape index (κ3) is 3.99. The molecule has 8 nitrogen and oxygen atoms in total. The Morgan fingerprint density at radius 1 is 1.38 bits per heavy atom. The van der Waals surface area contributed by atoms with E-state index in [0.29, 0.717) is 22.4 Å². The predicted octanol–water partition coefficient (Wildman–Crippen LogP) is 2.92. The van der Waals surface area contributed by atoms with Crippen LogP contribution in [0.5, 0.6) is 6.01 Å². The van der Waals surface area contributed by atoms with E-state index in [1.165, 1.54) is 13.3 Å². The molecule has 1 fully saturated rings. The first-order valence-corrected chi connectivity index (χ1v) is 9.72. The van der Waals surface area contributed by atoms with Crippen molar-refractivity contribution in [1.29, 1.82) is 0 Å². The average molecular weight is 416 g/mol. The van der Waals surface area contributed by atoms with Crippen molar-refractivity contribution in [2.75, 3.05) is 24.4 Å². The van der Waals surface area contributed by atoms with Gasteiger partial charge in [-0.15, -0.1) is 0 Å². The van der Waals surface area contributed by atoms with Crippen LogP contribution in [0.25, 0.3) is 10.9 Å². The number of fused-ring (bicyclic) bond motifs is 1. The van der Waals surface area contributed by atoms with Crippen molar-refractivity contribution in [3.05, 3.63) is 45.8 Å². The minimum absolute atomic E-state index is 0.0235. The summed E-state index contributed by atoms with van der Waals surface area (Å²) in [6.07, 6.45) is 3.64. The van der Waals surface area contributed by atoms with Gasteiger partial charge in [0.05, 0.1) is 31.5 Å². The number of aliphatic hydroxyl groups is 1. The molecule has 1 aliphatic rings. The number of hydrogen-bond donors (Lipinski definition) is 3. The highest BCUT2D eigenvalue weighted by molar-refractivity contribution is 6.32. The second-order valence-electron chi connectivity index (χ2n) is 7.14. The highest BCUT2D eigenvalue weighted by atomic mass is 35.5. The van der Waals surface area contributed by atoms with E-state index < -0.39 is 0 Å². The zero-order valence-electron chi connectivity index (χ0n) is 16.1. The number of aryl methyl sites for hydroxylation is 1. The third-order valence-corrected chi connectivity index (χ3v) is 5.42. The molecule has 1 aromatic carbocycles. The van der Waals surface area contributed by atoms with Crippen LogP contribution in [0.3, 0.4) is 0 Å². The standard InChI is InChI=1S/C20H22ClN5O3/c1-26-17-6-5-12(23-19-14(21)9-22-20(25-19)29-2)7-13(17)15(8-18(26)28)24-16(10-27)11-3-4-11/h5-9,11,16,24,27H,3-4,10H2,1-2H3,(H,22,23,25). The number of aliphatic hydroxyl groups excluding tert-OH is 1. The van der Waals surface area contributed by atoms with Crippen LogP contribution in [0.1, 0.15) is 12.8 Å². The summed E-state index contributed by atoms with van der Waals surface area (Å²) in [5.74, 6) is 0.858. The van der Waals surface area contributed by atoms with E-state index in [9.17, 15) is 9.90 Å². The Kier molecular flexibility index (Phi) is 5.29. The molecule has 4 rings (SSSR count). The largest absolute Gasteiger partial charge is 0.467 e. The lowest BCUT2D eigenvalue weighted by Crippen LogP contribution is -2.27. The number of benzene rings is 1. The SMILES string of the molecule is COc1ncc(Cl)c(Nc2ccc3c(c2)c(NC(CO)C2CC2)cc(=O)n3C)n1. The lowest BCUT2D eigenvalue weighted by Gasteiger charge is -2.20. The molecule has 0 aliphatic heterocycles. The molecule has 1 saturated carbocycles. The molecule has 0 saturated heterocycles. The van der Waals surface area contributed by atoms with Gasteiger partial charge in [-0.1, -0.05) is 11.6 Å². The Balaban J connectivity index is 1.74. The zero-order chi connectivity index (χ0) is 20.5. The molecule has 0 amide bonds. The van der Waals surface area contributed by atoms with Gasteiger partial charge in [0.2, 0.25) is 0 Å². The summed E-state index contributed by atoms with van der Waals surface area (Å²) in [6.45, 7) is 0.0235. The molecule has 2 heterocycles. The summed E-state index contributed by atoms with van der Waals surface area (Å²) in [4.78, 5) is 20.6. The van der Waals surface area contributed by atoms with Crippen LogP contribution in [-0.4, -0.2) is 39.4 Å². The van der Waals surface area contributed by atoms with Gasteiger partial charge in [-0.05, 0) is 37.0 Å². The second kappa shape index (κ2) is 7.88. The first-order valence-electron chi connectivity index (χ1n) is 9.35. The number of nitrogens with one attached hydrogen (secondary N) is 2. The number of ether oxygens (including phenoxy) is 1. The van der Waals surface area contributed by atoms with Gasteiger partial charge in [0.1, 0.15) is 5.02 Å². The minimum Gasteiger partial charge on any atom is -0.467 e. The van der Waals surface area contributed by atoms with E-state index in [-0.39, 0.29) is 24.2 Å². The molecule has 1 aliphatic carbocycles. The smallest absolute Gasteiger partial charge is 0.318 e. The Morgan fingerprint density at radius 3 is 2.86 bits per heavy atom. The molecule has 3 aromatic rings. The zero-order valence-corrected chi connectivity index (χ0v) is 16.9. The van der Waals surface area contributed by atoms with Gasteiger partial charge in [0.15, 0.2) is 5.82 Å². The van der Waals surface area contributed by atoms with E-state index >= 15 is 0 Å². The maximum Gasteiger partial charge on any atom is 0.318 e. The van der Waals surface area contributed by atoms with Crippen molar-refractivity contribution in [3.63, 3.8) is 0 Å². The fourth-order valence-corrected chi connectivity index (χ4v) is 3.48. The van der Waals surface area contributed by atoms with Crippen molar-refractivity contribution in [1.82, 2.24) is 14.5 Å². The monoisotopic (exact) mass is 415 g/mol. The Labute approximate surface area is 172 Å². The number of aromatic nitrogens is 3. The molecule has 0 radical (unpaired) electrons. The summed E-state index contributed by atoms with van der Waals surface area (Å²) < 4.78 is 6.65. The highest BCUT2D eigenvalue weighted by Gasteiger charge is 2.31. The first-order chi connectivity index (χ1) is 14.0. The maximum atomic E-state index is 12.4. The van der Waals surface area contributed by atoms with Crippen molar-refractivity contribution in [3.8, 4) is 6.01 Å². The van der Waals surface area contributed by atoms with E-state index in [4.69, 9.17) is 16.3 Å². The van der Waals surface area contributed by atoms with E-state index in [0.717, 1.165) is 29.4 Å². The van der Waals surface area contributed by atoms with Crippen LogP contribution >= 0.6 is 11.6 Å². The van der Waals surface area contributed by atoms with Crippen LogP contribution in [0.15, 0.2) is 35.3 Å². The molecule has 0 bridgehead atoms. The van der Waals surface area contributed by atoms with Gasteiger partial charge in [-0.3, -0.25) is 4.79 Å². The molecule has 3 N–H and O–H groups in total. The van der Waals surface area contributed by atoms with Crippen LogP contribution < -0.4 is 20.9 Å². The molecule has 1 atom stereocenters. The summed E-state index contributed by atoms with van der Waals surface area (Å²) >= 11 is 6.20. The predicted molar refractivity (Wildman–Crippen MR) is 113 cm³/mol. The minimum atomic E-state index is -0.114. The quantitative estimate of drug-likeness (QED) is 0.545. The molecular weight excluding hydrogens is 394 g/mol.